The van der Waals surface area contributed by atoms with Gasteiger partial charge in [-0.15, -0.1) is 0 Å². The van der Waals surface area contributed by atoms with Gasteiger partial charge in [-0.3, -0.25) is 24.4 Å². The first-order valence-corrected chi connectivity index (χ1v) is 9.98. The van der Waals surface area contributed by atoms with Crippen LogP contribution in [0, 0.1) is 11.3 Å². The Morgan fingerprint density at radius 2 is 1.75 bits per heavy atom. The number of fused-ring (bicyclic) bond motifs is 1. The summed E-state index contributed by atoms with van der Waals surface area (Å²) in [7, 11) is 0. The predicted molar refractivity (Wildman–Crippen MR) is 116 cm³/mol. The van der Waals surface area contributed by atoms with Crippen molar-refractivity contribution in [3.63, 3.8) is 0 Å². The Bertz CT molecular complexity index is 1290. The number of nitriles is 1. The van der Waals surface area contributed by atoms with Gasteiger partial charge in [-0.2, -0.15) is 5.26 Å². The number of nitrogens with zero attached hydrogens (tertiary/aromatic N) is 5. The molecule has 2 amide bonds. The van der Waals surface area contributed by atoms with Crippen LogP contribution < -0.4 is 10.9 Å². The molecule has 1 aliphatic heterocycles. The SMILES string of the molecule is N#Cc1ccccc1C(=O)Nc1nc2ccccc2c(=O)n1CN1CCN(C(=O)O)CC1. The molecule has 1 saturated heterocycles. The second kappa shape index (κ2) is 8.87. The van der Waals surface area contributed by atoms with Crippen molar-refractivity contribution in [1.82, 2.24) is 19.4 Å². The monoisotopic (exact) mass is 432 g/mol. The number of para-hydroxylation sites is 1. The second-order valence-electron chi connectivity index (χ2n) is 7.33. The van der Waals surface area contributed by atoms with Crippen LogP contribution in [-0.4, -0.2) is 62.6 Å². The van der Waals surface area contributed by atoms with E-state index in [1.165, 1.54) is 21.6 Å². The summed E-state index contributed by atoms with van der Waals surface area (Å²) in [6.07, 6.45) is -0.974. The van der Waals surface area contributed by atoms with Crippen LogP contribution in [0.15, 0.2) is 53.3 Å². The van der Waals surface area contributed by atoms with E-state index in [2.05, 4.69) is 10.3 Å². The highest BCUT2D eigenvalue weighted by atomic mass is 16.4. The van der Waals surface area contributed by atoms with Gasteiger partial charge in [0.15, 0.2) is 0 Å². The molecule has 32 heavy (non-hydrogen) atoms. The number of aromatic nitrogens is 2. The molecule has 2 heterocycles. The molecule has 0 unspecified atom stereocenters. The Labute approximate surface area is 182 Å². The molecule has 3 aromatic rings. The smallest absolute Gasteiger partial charge is 0.407 e. The average molecular weight is 432 g/mol. The van der Waals surface area contributed by atoms with E-state index in [-0.39, 0.29) is 29.3 Å². The molecule has 4 rings (SSSR count). The summed E-state index contributed by atoms with van der Waals surface area (Å²) in [6, 6.07) is 15.2. The van der Waals surface area contributed by atoms with Crippen LogP contribution >= 0.6 is 0 Å². The Morgan fingerprint density at radius 3 is 2.47 bits per heavy atom. The van der Waals surface area contributed by atoms with Crippen LogP contribution in [0.2, 0.25) is 0 Å². The summed E-state index contributed by atoms with van der Waals surface area (Å²) >= 11 is 0. The van der Waals surface area contributed by atoms with Gasteiger partial charge in [0, 0.05) is 26.2 Å². The summed E-state index contributed by atoms with van der Waals surface area (Å²) in [5.74, 6) is -0.485. The number of benzene rings is 2. The number of anilines is 1. The molecular weight excluding hydrogens is 412 g/mol. The maximum atomic E-state index is 13.2. The Balaban J connectivity index is 1.68. The van der Waals surface area contributed by atoms with E-state index < -0.39 is 12.0 Å². The van der Waals surface area contributed by atoms with E-state index in [0.29, 0.717) is 37.1 Å². The lowest BCUT2D eigenvalue weighted by molar-refractivity contribution is 0.0913. The summed E-state index contributed by atoms with van der Waals surface area (Å²) in [5.41, 5.74) is 0.511. The molecule has 10 heteroatoms. The van der Waals surface area contributed by atoms with Crippen LogP contribution in [-0.2, 0) is 6.67 Å². The first-order valence-electron chi connectivity index (χ1n) is 9.98. The number of hydrogen-bond acceptors (Lipinski definition) is 6. The van der Waals surface area contributed by atoms with Crippen molar-refractivity contribution in [3.8, 4) is 6.07 Å². The number of piperazine rings is 1. The zero-order valence-corrected chi connectivity index (χ0v) is 17.1. The van der Waals surface area contributed by atoms with Gasteiger partial charge >= 0.3 is 6.09 Å². The zero-order chi connectivity index (χ0) is 22.7. The van der Waals surface area contributed by atoms with Crippen molar-refractivity contribution >= 4 is 28.9 Å². The molecule has 10 nitrogen and oxygen atoms in total. The van der Waals surface area contributed by atoms with Crippen molar-refractivity contribution in [2.24, 2.45) is 0 Å². The van der Waals surface area contributed by atoms with Gasteiger partial charge in [0.25, 0.3) is 11.5 Å². The van der Waals surface area contributed by atoms with E-state index >= 15 is 0 Å². The fraction of sp³-hybridized carbons (Fsp3) is 0.227. The van der Waals surface area contributed by atoms with E-state index in [4.69, 9.17) is 5.11 Å². The third-order valence-corrected chi connectivity index (χ3v) is 5.36. The first-order chi connectivity index (χ1) is 15.5. The third kappa shape index (κ3) is 4.14. The largest absolute Gasteiger partial charge is 0.465 e. The number of hydrogen-bond donors (Lipinski definition) is 2. The number of carbonyl (C=O) groups is 2. The molecular formula is C22H20N6O4. The minimum atomic E-state index is -0.974. The van der Waals surface area contributed by atoms with Crippen LogP contribution in [0.3, 0.4) is 0 Å². The summed E-state index contributed by atoms with van der Waals surface area (Å²) in [4.78, 5) is 45.0. The van der Waals surface area contributed by atoms with E-state index in [1.807, 2.05) is 11.0 Å². The molecule has 0 saturated carbocycles. The highest BCUT2D eigenvalue weighted by molar-refractivity contribution is 6.05. The molecule has 0 spiro atoms. The van der Waals surface area contributed by atoms with Crippen molar-refractivity contribution in [3.05, 3.63) is 70.0 Å². The quantitative estimate of drug-likeness (QED) is 0.642. The molecule has 0 radical (unpaired) electrons. The van der Waals surface area contributed by atoms with Gasteiger partial charge in [-0.1, -0.05) is 24.3 Å². The first kappa shape index (κ1) is 21.0. The fourth-order valence-corrected chi connectivity index (χ4v) is 3.62. The second-order valence-corrected chi connectivity index (χ2v) is 7.33. The summed E-state index contributed by atoms with van der Waals surface area (Å²) < 4.78 is 1.37. The van der Waals surface area contributed by atoms with Crippen LogP contribution in [0.4, 0.5) is 10.7 Å². The Hall–Kier alpha value is -4.23. The van der Waals surface area contributed by atoms with Gasteiger partial charge in [-0.05, 0) is 24.3 Å². The maximum Gasteiger partial charge on any atom is 0.407 e. The zero-order valence-electron chi connectivity index (χ0n) is 17.1. The average Bonchev–Trinajstić information content (AvgIpc) is 2.81. The lowest BCUT2D eigenvalue weighted by Crippen LogP contribution is -2.49. The summed E-state index contributed by atoms with van der Waals surface area (Å²) in [6.45, 7) is 1.66. The number of rotatable bonds is 4. The van der Waals surface area contributed by atoms with Crippen LogP contribution in [0.25, 0.3) is 10.9 Å². The third-order valence-electron chi connectivity index (χ3n) is 5.36. The molecule has 2 aromatic carbocycles. The standard InChI is InChI=1S/C22H20N6O4/c23-13-15-5-1-2-6-16(15)19(29)25-21-24-18-8-4-3-7-17(18)20(30)28(21)14-26-9-11-27(12-10-26)22(31)32/h1-8H,9-12,14H2,(H,31,32)(H,24,25,29). The topological polar surface area (TPSA) is 132 Å². The van der Waals surface area contributed by atoms with Gasteiger partial charge in [0.1, 0.15) is 0 Å². The normalized spacial score (nSPS) is 14.2. The Morgan fingerprint density at radius 1 is 1.06 bits per heavy atom. The van der Waals surface area contributed by atoms with E-state index in [9.17, 15) is 19.6 Å². The number of carboxylic acid groups (broad SMARTS) is 1. The number of amides is 2. The minimum Gasteiger partial charge on any atom is -0.465 e. The molecule has 1 fully saturated rings. The highest BCUT2D eigenvalue weighted by Gasteiger charge is 2.23. The fourth-order valence-electron chi connectivity index (χ4n) is 3.62. The summed E-state index contributed by atoms with van der Waals surface area (Å²) in [5, 5.41) is 21.5. The molecule has 162 valence electrons. The number of nitrogens with one attached hydrogen (secondary N) is 1. The molecule has 0 atom stereocenters. The molecule has 0 bridgehead atoms. The van der Waals surface area contributed by atoms with E-state index in [1.54, 1.807) is 36.4 Å². The van der Waals surface area contributed by atoms with E-state index in [0.717, 1.165) is 0 Å². The molecule has 1 aliphatic rings. The lowest BCUT2D eigenvalue weighted by atomic mass is 10.1. The maximum absolute atomic E-state index is 13.2. The van der Waals surface area contributed by atoms with Crippen molar-refractivity contribution < 1.29 is 14.7 Å². The van der Waals surface area contributed by atoms with Crippen LogP contribution in [0.1, 0.15) is 15.9 Å². The lowest BCUT2D eigenvalue weighted by Gasteiger charge is -2.33. The van der Waals surface area contributed by atoms with Crippen molar-refractivity contribution in [1.29, 1.82) is 5.26 Å². The van der Waals surface area contributed by atoms with Crippen molar-refractivity contribution in [2.75, 3.05) is 31.5 Å². The van der Waals surface area contributed by atoms with Crippen molar-refractivity contribution in [2.45, 2.75) is 6.67 Å². The van der Waals surface area contributed by atoms with Gasteiger partial charge in [0.05, 0.1) is 34.8 Å². The minimum absolute atomic E-state index is 0.0621. The Kier molecular flexibility index (Phi) is 5.83. The number of carbonyl (C=O) groups excluding carboxylic acids is 1. The van der Waals surface area contributed by atoms with Gasteiger partial charge < -0.3 is 10.0 Å². The predicted octanol–water partition coefficient (Wildman–Crippen LogP) is 1.77. The molecule has 2 N–H and O–H groups in total. The highest BCUT2D eigenvalue weighted by Crippen LogP contribution is 2.15. The van der Waals surface area contributed by atoms with Crippen LogP contribution in [0.5, 0.6) is 0 Å². The molecule has 1 aromatic heterocycles. The van der Waals surface area contributed by atoms with Gasteiger partial charge in [-0.25, -0.2) is 9.78 Å². The molecule has 0 aliphatic carbocycles. The van der Waals surface area contributed by atoms with Gasteiger partial charge in [0.2, 0.25) is 5.95 Å².